The monoisotopic (exact) mass is 246 g/mol. The van der Waals surface area contributed by atoms with Crippen LogP contribution in [0.2, 0.25) is 0 Å². The normalized spacial score (nSPS) is 23.6. The van der Waals surface area contributed by atoms with E-state index in [0.717, 1.165) is 12.2 Å². The van der Waals surface area contributed by atoms with E-state index < -0.39 is 0 Å². The van der Waals surface area contributed by atoms with Crippen molar-refractivity contribution < 1.29 is 0 Å². The van der Waals surface area contributed by atoms with Crippen molar-refractivity contribution in [1.29, 1.82) is 0 Å². The van der Waals surface area contributed by atoms with Gasteiger partial charge in [-0.25, -0.2) is 0 Å². The van der Waals surface area contributed by atoms with E-state index >= 15 is 0 Å². The molecule has 0 saturated heterocycles. The van der Waals surface area contributed by atoms with Crippen molar-refractivity contribution >= 4 is 0 Å². The minimum Gasteiger partial charge on any atom is -0.308 e. The van der Waals surface area contributed by atoms with Gasteiger partial charge < -0.3 is 5.32 Å². The first-order chi connectivity index (χ1) is 8.55. The van der Waals surface area contributed by atoms with E-state index in [9.17, 15) is 0 Å². The molecule has 1 aromatic heterocycles. The molecule has 0 bridgehead atoms. The first-order valence-corrected chi connectivity index (χ1v) is 7.21. The van der Waals surface area contributed by atoms with Gasteiger partial charge in [-0.1, -0.05) is 26.3 Å². The Morgan fingerprint density at radius 3 is 2.89 bits per heavy atom. The molecule has 0 radical (unpaired) electrons. The average Bonchev–Trinajstić information content (AvgIpc) is 2.48. The Bertz CT molecular complexity index is 384. The molecule has 0 amide bonds. The Morgan fingerprint density at radius 2 is 2.11 bits per heavy atom. The van der Waals surface area contributed by atoms with Crippen LogP contribution in [0.25, 0.3) is 0 Å². The molecule has 1 aromatic rings. The minimum atomic E-state index is 0.540. The maximum Gasteiger partial charge on any atom is 0.0544 e. The molecule has 0 aromatic carbocycles. The Hall–Kier alpha value is -0.890. The van der Waals surface area contributed by atoms with Crippen molar-refractivity contribution in [3.05, 3.63) is 29.6 Å². The Balaban J connectivity index is 1.83. The summed E-state index contributed by atoms with van der Waals surface area (Å²) < 4.78 is 0. The second kappa shape index (κ2) is 5.83. The average molecular weight is 246 g/mol. The zero-order valence-electron chi connectivity index (χ0n) is 12.0. The summed E-state index contributed by atoms with van der Waals surface area (Å²) in [6.45, 7) is 7.76. The fourth-order valence-corrected chi connectivity index (χ4v) is 2.81. The largest absolute Gasteiger partial charge is 0.308 e. The molecule has 2 heteroatoms. The lowest BCUT2D eigenvalue weighted by atomic mass is 9.85. The topological polar surface area (TPSA) is 24.9 Å². The van der Waals surface area contributed by atoms with Crippen LogP contribution < -0.4 is 5.32 Å². The molecule has 1 heterocycles. The molecule has 1 aliphatic carbocycles. The van der Waals surface area contributed by atoms with E-state index in [1.54, 1.807) is 0 Å². The summed E-state index contributed by atoms with van der Waals surface area (Å²) in [4.78, 5) is 4.55. The third kappa shape index (κ3) is 4.09. The highest BCUT2D eigenvalue weighted by atomic mass is 14.9. The Morgan fingerprint density at radius 1 is 1.28 bits per heavy atom. The second-order valence-corrected chi connectivity index (χ2v) is 6.44. The summed E-state index contributed by atoms with van der Waals surface area (Å²) in [6, 6.07) is 6.93. The molecule has 0 spiro atoms. The number of pyridine rings is 1. The summed E-state index contributed by atoms with van der Waals surface area (Å²) in [5.41, 5.74) is 2.81. The van der Waals surface area contributed by atoms with Gasteiger partial charge in [0.25, 0.3) is 0 Å². The maximum absolute atomic E-state index is 4.55. The van der Waals surface area contributed by atoms with E-state index in [1.807, 2.05) is 0 Å². The second-order valence-electron chi connectivity index (χ2n) is 6.44. The Kier molecular flexibility index (Phi) is 4.39. The van der Waals surface area contributed by atoms with Gasteiger partial charge in [-0.2, -0.15) is 0 Å². The number of aromatic nitrogens is 1. The number of rotatable bonds is 3. The molecule has 0 aliphatic heterocycles. The molecule has 100 valence electrons. The van der Waals surface area contributed by atoms with Gasteiger partial charge in [0, 0.05) is 18.3 Å². The highest BCUT2D eigenvalue weighted by molar-refractivity contribution is 5.09. The maximum atomic E-state index is 4.55. The molecule has 1 N–H and O–H groups in total. The van der Waals surface area contributed by atoms with Crippen molar-refractivity contribution in [2.24, 2.45) is 5.41 Å². The minimum absolute atomic E-state index is 0.540. The van der Waals surface area contributed by atoms with Crippen LogP contribution in [-0.4, -0.2) is 11.0 Å². The summed E-state index contributed by atoms with van der Waals surface area (Å²) >= 11 is 0. The predicted octanol–water partition coefficient (Wildman–Crippen LogP) is 3.84. The van der Waals surface area contributed by atoms with Crippen LogP contribution in [0, 0.1) is 12.3 Å². The number of hydrogen-bond donors (Lipinski definition) is 1. The van der Waals surface area contributed by atoms with E-state index in [0.29, 0.717) is 11.5 Å². The van der Waals surface area contributed by atoms with Gasteiger partial charge in [0.15, 0.2) is 0 Å². The van der Waals surface area contributed by atoms with Gasteiger partial charge in [0.05, 0.1) is 5.69 Å². The number of nitrogens with one attached hydrogen (secondary N) is 1. The summed E-state index contributed by atoms with van der Waals surface area (Å²) in [7, 11) is 0. The molecule has 1 aliphatic rings. The van der Waals surface area contributed by atoms with Gasteiger partial charge in [-0.15, -0.1) is 0 Å². The Labute approximate surface area is 111 Å². The van der Waals surface area contributed by atoms with Crippen molar-refractivity contribution in [3.63, 3.8) is 0 Å². The first kappa shape index (κ1) is 13.5. The summed E-state index contributed by atoms with van der Waals surface area (Å²) in [5.74, 6) is 0. The fourth-order valence-electron chi connectivity index (χ4n) is 2.81. The molecule has 1 unspecified atom stereocenters. The highest BCUT2D eigenvalue weighted by Crippen LogP contribution is 2.33. The zero-order chi connectivity index (χ0) is 13.0. The van der Waals surface area contributed by atoms with Crippen LogP contribution in [0.1, 0.15) is 57.3 Å². The fraction of sp³-hybridized carbons (Fsp3) is 0.688. The third-order valence-corrected chi connectivity index (χ3v) is 4.09. The molecule has 2 rings (SSSR count). The summed E-state index contributed by atoms with van der Waals surface area (Å²) in [5, 5.41) is 3.68. The molecule has 1 fully saturated rings. The van der Waals surface area contributed by atoms with Crippen molar-refractivity contribution in [2.45, 2.75) is 65.5 Å². The van der Waals surface area contributed by atoms with Crippen LogP contribution in [0.4, 0.5) is 0 Å². The van der Waals surface area contributed by atoms with Crippen molar-refractivity contribution in [2.75, 3.05) is 0 Å². The number of nitrogens with zero attached hydrogens (tertiary/aromatic N) is 1. The van der Waals surface area contributed by atoms with Gasteiger partial charge in [0.2, 0.25) is 0 Å². The third-order valence-electron chi connectivity index (χ3n) is 4.09. The van der Waals surface area contributed by atoms with E-state index in [-0.39, 0.29) is 0 Å². The van der Waals surface area contributed by atoms with Crippen LogP contribution in [0.5, 0.6) is 0 Å². The smallest absolute Gasteiger partial charge is 0.0544 e. The predicted molar refractivity (Wildman–Crippen MR) is 76.5 cm³/mol. The lowest BCUT2D eigenvalue weighted by molar-refractivity contribution is 0.309. The van der Waals surface area contributed by atoms with Gasteiger partial charge >= 0.3 is 0 Å². The lowest BCUT2D eigenvalue weighted by Gasteiger charge is -2.22. The van der Waals surface area contributed by atoms with Crippen LogP contribution in [-0.2, 0) is 6.54 Å². The van der Waals surface area contributed by atoms with Crippen molar-refractivity contribution in [1.82, 2.24) is 10.3 Å². The molecular formula is C16H26N2. The molecule has 18 heavy (non-hydrogen) atoms. The molecular weight excluding hydrogens is 220 g/mol. The molecule has 2 nitrogen and oxygen atoms in total. The lowest BCUT2D eigenvalue weighted by Crippen LogP contribution is -2.28. The standard InChI is InChI=1S/C16H26N2/c1-13-6-4-7-15(18-13)12-17-14-8-5-10-16(2,3)11-9-14/h4,6-7,14,17H,5,8-12H2,1-3H3. The van der Waals surface area contributed by atoms with E-state index in [1.165, 1.54) is 37.8 Å². The molecule has 1 atom stereocenters. The van der Waals surface area contributed by atoms with E-state index in [4.69, 9.17) is 0 Å². The van der Waals surface area contributed by atoms with Crippen LogP contribution >= 0.6 is 0 Å². The zero-order valence-corrected chi connectivity index (χ0v) is 12.0. The van der Waals surface area contributed by atoms with Gasteiger partial charge in [-0.3, -0.25) is 4.98 Å². The van der Waals surface area contributed by atoms with E-state index in [2.05, 4.69) is 49.3 Å². The first-order valence-electron chi connectivity index (χ1n) is 7.21. The quantitative estimate of drug-likeness (QED) is 0.820. The SMILES string of the molecule is Cc1cccc(CNC2CCCC(C)(C)CC2)n1. The van der Waals surface area contributed by atoms with Gasteiger partial charge in [0.1, 0.15) is 0 Å². The summed E-state index contributed by atoms with van der Waals surface area (Å²) in [6.07, 6.45) is 6.68. The van der Waals surface area contributed by atoms with Crippen LogP contribution in [0.15, 0.2) is 18.2 Å². The van der Waals surface area contributed by atoms with Crippen LogP contribution in [0.3, 0.4) is 0 Å². The highest BCUT2D eigenvalue weighted by Gasteiger charge is 2.23. The number of aryl methyl sites for hydroxylation is 1. The van der Waals surface area contributed by atoms with Crippen molar-refractivity contribution in [3.8, 4) is 0 Å². The van der Waals surface area contributed by atoms with Gasteiger partial charge in [-0.05, 0) is 50.2 Å². The molecule has 1 saturated carbocycles. The number of hydrogen-bond acceptors (Lipinski definition) is 2.